The molecule has 30 heavy (non-hydrogen) atoms. The van der Waals surface area contributed by atoms with E-state index < -0.39 is 4.92 Å². The fourth-order valence-electron chi connectivity index (χ4n) is 4.17. The van der Waals surface area contributed by atoms with Crippen LogP contribution in [0.3, 0.4) is 0 Å². The molecule has 7 nitrogen and oxygen atoms in total. The standard InChI is InChI=1S/C23H25N3O4/c1-2-16-4-3-5-19-21(15-24-23(16)19)20(14-22(27)25-10-12-30-13-11-25)17-6-8-18(9-7-17)26(28)29/h3-9,15,20,24H,2,10-14H2,1H3/t20-/m1/s1. The number of para-hydroxylation sites is 1. The van der Waals surface area contributed by atoms with Crippen molar-refractivity contribution in [2.75, 3.05) is 26.3 Å². The number of hydrogen-bond acceptors (Lipinski definition) is 4. The van der Waals surface area contributed by atoms with E-state index >= 15 is 0 Å². The maximum Gasteiger partial charge on any atom is 0.269 e. The average Bonchev–Trinajstić information content (AvgIpc) is 3.22. The number of aromatic nitrogens is 1. The Morgan fingerprint density at radius 1 is 1.20 bits per heavy atom. The molecular formula is C23H25N3O4. The van der Waals surface area contributed by atoms with E-state index in [1.165, 1.54) is 17.7 Å². The van der Waals surface area contributed by atoms with Gasteiger partial charge in [-0.2, -0.15) is 0 Å². The smallest absolute Gasteiger partial charge is 0.269 e. The number of non-ortho nitro benzene ring substituents is 1. The Hall–Kier alpha value is -3.19. The number of carbonyl (C=O) groups is 1. The van der Waals surface area contributed by atoms with Crippen LogP contribution in [0, 0.1) is 10.1 Å². The molecule has 1 amide bonds. The first-order valence-electron chi connectivity index (χ1n) is 10.3. The highest BCUT2D eigenvalue weighted by atomic mass is 16.6. The number of amides is 1. The van der Waals surface area contributed by atoms with Crippen LogP contribution < -0.4 is 0 Å². The third-order valence-electron chi connectivity index (χ3n) is 5.84. The predicted octanol–water partition coefficient (Wildman–Crippen LogP) is 4.02. The van der Waals surface area contributed by atoms with Crippen LogP contribution in [0.5, 0.6) is 0 Å². The molecule has 0 unspecified atom stereocenters. The Kier molecular flexibility index (Phi) is 5.81. The molecule has 156 valence electrons. The lowest BCUT2D eigenvalue weighted by atomic mass is 9.87. The molecule has 2 aromatic carbocycles. The number of carbonyl (C=O) groups excluding carboxylic acids is 1. The number of fused-ring (bicyclic) bond motifs is 1. The van der Waals surface area contributed by atoms with Crippen molar-refractivity contribution in [2.24, 2.45) is 0 Å². The van der Waals surface area contributed by atoms with Crippen molar-refractivity contribution in [1.29, 1.82) is 0 Å². The summed E-state index contributed by atoms with van der Waals surface area (Å²) in [6.07, 6.45) is 3.19. The number of aromatic amines is 1. The molecule has 0 aliphatic carbocycles. The summed E-state index contributed by atoms with van der Waals surface area (Å²) < 4.78 is 5.37. The van der Waals surface area contributed by atoms with Crippen LogP contribution in [0.1, 0.15) is 36.0 Å². The van der Waals surface area contributed by atoms with Crippen molar-refractivity contribution in [1.82, 2.24) is 9.88 Å². The van der Waals surface area contributed by atoms with Gasteiger partial charge >= 0.3 is 0 Å². The van der Waals surface area contributed by atoms with Gasteiger partial charge < -0.3 is 14.6 Å². The summed E-state index contributed by atoms with van der Waals surface area (Å²) >= 11 is 0. The molecule has 1 N–H and O–H groups in total. The Bertz CT molecular complexity index is 1050. The van der Waals surface area contributed by atoms with Crippen LogP contribution in [-0.4, -0.2) is 47.0 Å². The number of morpholine rings is 1. The van der Waals surface area contributed by atoms with Crippen LogP contribution in [0.15, 0.2) is 48.7 Å². The number of H-pyrrole nitrogens is 1. The molecule has 1 saturated heterocycles. The highest BCUT2D eigenvalue weighted by Crippen LogP contribution is 2.35. The zero-order valence-electron chi connectivity index (χ0n) is 17.0. The summed E-state index contributed by atoms with van der Waals surface area (Å²) in [5.74, 6) is -0.121. The van der Waals surface area contributed by atoms with Crippen molar-refractivity contribution in [3.63, 3.8) is 0 Å². The lowest BCUT2D eigenvalue weighted by Gasteiger charge is -2.28. The van der Waals surface area contributed by atoms with Gasteiger partial charge in [0.25, 0.3) is 5.69 Å². The van der Waals surface area contributed by atoms with Crippen LogP contribution in [0.4, 0.5) is 5.69 Å². The summed E-state index contributed by atoms with van der Waals surface area (Å²) in [6.45, 7) is 4.42. The fourth-order valence-corrected chi connectivity index (χ4v) is 4.17. The number of nitrogens with zero attached hydrogens (tertiary/aromatic N) is 2. The molecule has 3 aromatic rings. The van der Waals surface area contributed by atoms with E-state index in [2.05, 4.69) is 24.0 Å². The fraction of sp³-hybridized carbons (Fsp3) is 0.348. The van der Waals surface area contributed by atoms with Crippen LogP contribution in [0.2, 0.25) is 0 Å². The Balaban J connectivity index is 1.73. The SMILES string of the molecule is CCc1cccc2c([C@H](CC(=O)N3CCOCC3)c3ccc([N+](=O)[O-])cc3)c[nH]c12. The normalized spacial score (nSPS) is 15.3. The van der Waals surface area contributed by atoms with E-state index in [1.54, 1.807) is 12.1 Å². The van der Waals surface area contributed by atoms with Gasteiger partial charge in [0.05, 0.1) is 18.1 Å². The first-order chi connectivity index (χ1) is 14.6. The Labute approximate surface area is 174 Å². The zero-order valence-corrected chi connectivity index (χ0v) is 17.0. The van der Waals surface area contributed by atoms with Crippen molar-refractivity contribution in [2.45, 2.75) is 25.7 Å². The quantitative estimate of drug-likeness (QED) is 0.494. The number of nitro groups is 1. The average molecular weight is 407 g/mol. The van der Waals surface area contributed by atoms with Gasteiger partial charge in [0.2, 0.25) is 5.91 Å². The van der Waals surface area contributed by atoms with E-state index in [4.69, 9.17) is 4.74 Å². The minimum Gasteiger partial charge on any atom is -0.378 e. The maximum absolute atomic E-state index is 13.1. The molecule has 0 saturated carbocycles. The monoisotopic (exact) mass is 407 g/mol. The van der Waals surface area contributed by atoms with Gasteiger partial charge in [0, 0.05) is 54.7 Å². The largest absolute Gasteiger partial charge is 0.378 e. The van der Waals surface area contributed by atoms with Gasteiger partial charge in [-0.3, -0.25) is 14.9 Å². The second-order valence-corrected chi connectivity index (χ2v) is 7.54. The third kappa shape index (κ3) is 3.93. The number of nitrogens with one attached hydrogen (secondary N) is 1. The van der Waals surface area contributed by atoms with E-state index in [1.807, 2.05) is 17.2 Å². The van der Waals surface area contributed by atoms with E-state index in [9.17, 15) is 14.9 Å². The lowest BCUT2D eigenvalue weighted by Crippen LogP contribution is -2.41. The van der Waals surface area contributed by atoms with Crippen LogP contribution in [-0.2, 0) is 16.0 Å². The lowest BCUT2D eigenvalue weighted by molar-refractivity contribution is -0.384. The minimum atomic E-state index is -0.406. The Morgan fingerprint density at radius 2 is 1.93 bits per heavy atom. The number of nitro benzene ring substituents is 1. The molecular weight excluding hydrogens is 382 g/mol. The van der Waals surface area contributed by atoms with Gasteiger partial charge in [-0.1, -0.05) is 37.3 Å². The van der Waals surface area contributed by atoms with Crippen molar-refractivity contribution in [3.8, 4) is 0 Å². The molecule has 0 spiro atoms. The van der Waals surface area contributed by atoms with Crippen molar-refractivity contribution in [3.05, 3.63) is 75.5 Å². The Morgan fingerprint density at radius 3 is 2.60 bits per heavy atom. The van der Waals surface area contributed by atoms with Gasteiger partial charge in [0.15, 0.2) is 0 Å². The molecule has 4 rings (SSSR count). The molecule has 7 heteroatoms. The third-order valence-corrected chi connectivity index (χ3v) is 5.84. The van der Waals surface area contributed by atoms with Gasteiger partial charge in [-0.15, -0.1) is 0 Å². The molecule has 1 fully saturated rings. The van der Waals surface area contributed by atoms with Crippen LogP contribution in [0.25, 0.3) is 10.9 Å². The number of benzene rings is 2. The van der Waals surface area contributed by atoms with E-state index in [-0.39, 0.29) is 17.5 Å². The van der Waals surface area contributed by atoms with E-state index in [0.29, 0.717) is 32.7 Å². The summed E-state index contributed by atoms with van der Waals surface area (Å²) in [5.41, 5.74) is 4.28. The van der Waals surface area contributed by atoms with E-state index in [0.717, 1.165) is 28.5 Å². The number of rotatable bonds is 6. The first kappa shape index (κ1) is 20.1. The first-order valence-corrected chi connectivity index (χ1v) is 10.3. The highest BCUT2D eigenvalue weighted by Gasteiger charge is 2.26. The molecule has 1 aliphatic heterocycles. The summed E-state index contributed by atoms with van der Waals surface area (Å²) in [5, 5.41) is 12.2. The number of aryl methyl sites for hydroxylation is 1. The second kappa shape index (κ2) is 8.67. The summed E-state index contributed by atoms with van der Waals surface area (Å²) in [6, 6.07) is 12.7. The van der Waals surface area contributed by atoms with Crippen LogP contribution >= 0.6 is 0 Å². The highest BCUT2D eigenvalue weighted by molar-refractivity contribution is 5.88. The second-order valence-electron chi connectivity index (χ2n) is 7.54. The number of ether oxygens (including phenoxy) is 1. The molecule has 1 aromatic heterocycles. The summed E-state index contributed by atoms with van der Waals surface area (Å²) in [4.78, 5) is 29.0. The molecule has 1 atom stereocenters. The van der Waals surface area contributed by atoms with Crippen molar-refractivity contribution < 1.29 is 14.5 Å². The molecule has 0 radical (unpaired) electrons. The molecule has 1 aliphatic rings. The van der Waals surface area contributed by atoms with Gasteiger partial charge in [-0.25, -0.2) is 0 Å². The topological polar surface area (TPSA) is 88.5 Å². The molecule has 0 bridgehead atoms. The zero-order chi connectivity index (χ0) is 21.1. The predicted molar refractivity (Wildman–Crippen MR) is 115 cm³/mol. The van der Waals surface area contributed by atoms with Crippen molar-refractivity contribution >= 4 is 22.5 Å². The molecule has 2 heterocycles. The summed E-state index contributed by atoms with van der Waals surface area (Å²) in [7, 11) is 0. The van der Waals surface area contributed by atoms with Gasteiger partial charge in [0.1, 0.15) is 0 Å². The minimum absolute atomic E-state index is 0.0456. The number of hydrogen-bond donors (Lipinski definition) is 1. The van der Waals surface area contributed by atoms with Gasteiger partial charge in [-0.05, 0) is 23.1 Å². The maximum atomic E-state index is 13.1.